The molecule has 0 amide bonds. The Labute approximate surface area is 143 Å². The van der Waals surface area contributed by atoms with Gasteiger partial charge < -0.3 is 9.47 Å². The Morgan fingerprint density at radius 3 is 2.25 bits per heavy atom. The van der Waals surface area contributed by atoms with Crippen molar-refractivity contribution >= 4 is 15.7 Å². The van der Waals surface area contributed by atoms with E-state index in [2.05, 4.69) is 18.6 Å². The molecule has 0 heterocycles. The lowest BCUT2D eigenvalue weighted by molar-refractivity contribution is 0.392. The standard InChI is InChI=1S/C18H23NO4S/c1-5-13(2)14-6-8-15(9-7-14)19-24(20,21)18-12-16(22-3)10-11-17(18)23-4/h6-13,19H,5H2,1-4H3/t13-/m0/s1. The first-order valence-electron chi connectivity index (χ1n) is 7.76. The molecule has 0 saturated carbocycles. The highest BCUT2D eigenvalue weighted by atomic mass is 32.2. The van der Waals surface area contributed by atoms with Gasteiger partial charge in [0.05, 0.1) is 14.2 Å². The zero-order chi connectivity index (χ0) is 17.7. The Balaban J connectivity index is 2.31. The summed E-state index contributed by atoms with van der Waals surface area (Å²) in [6, 6.07) is 12.1. The van der Waals surface area contributed by atoms with Crippen molar-refractivity contribution in [2.45, 2.75) is 31.1 Å². The molecule has 0 bridgehead atoms. The van der Waals surface area contributed by atoms with Gasteiger partial charge in [-0.3, -0.25) is 4.72 Å². The predicted octanol–water partition coefficient (Wildman–Crippen LogP) is 4.02. The van der Waals surface area contributed by atoms with Gasteiger partial charge in [-0.1, -0.05) is 26.0 Å². The van der Waals surface area contributed by atoms with Gasteiger partial charge in [0, 0.05) is 11.8 Å². The molecule has 0 fully saturated rings. The zero-order valence-electron chi connectivity index (χ0n) is 14.4. The lowest BCUT2D eigenvalue weighted by Gasteiger charge is -2.14. The third-order valence-corrected chi connectivity index (χ3v) is 5.41. The van der Waals surface area contributed by atoms with Crippen molar-refractivity contribution in [1.29, 1.82) is 0 Å². The van der Waals surface area contributed by atoms with E-state index in [1.165, 1.54) is 25.8 Å². The molecule has 2 aromatic rings. The molecule has 0 aliphatic rings. The van der Waals surface area contributed by atoms with Crippen LogP contribution in [0.4, 0.5) is 5.69 Å². The first kappa shape index (κ1) is 18.1. The summed E-state index contributed by atoms with van der Waals surface area (Å²) in [5.41, 5.74) is 1.69. The van der Waals surface area contributed by atoms with E-state index in [-0.39, 0.29) is 10.6 Å². The molecule has 0 aliphatic carbocycles. The number of methoxy groups -OCH3 is 2. The number of nitrogens with one attached hydrogen (secondary N) is 1. The van der Waals surface area contributed by atoms with Crippen LogP contribution in [0.1, 0.15) is 31.7 Å². The van der Waals surface area contributed by atoms with Crippen LogP contribution in [0.5, 0.6) is 11.5 Å². The third kappa shape index (κ3) is 4.00. The molecule has 130 valence electrons. The molecule has 1 N–H and O–H groups in total. The van der Waals surface area contributed by atoms with Crippen molar-refractivity contribution in [2.75, 3.05) is 18.9 Å². The van der Waals surface area contributed by atoms with Gasteiger partial charge in [0.1, 0.15) is 16.4 Å². The maximum atomic E-state index is 12.7. The van der Waals surface area contributed by atoms with E-state index >= 15 is 0 Å². The highest BCUT2D eigenvalue weighted by Gasteiger charge is 2.20. The van der Waals surface area contributed by atoms with Gasteiger partial charge in [-0.15, -0.1) is 0 Å². The number of hydrogen-bond donors (Lipinski definition) is 1. The minimum absolute atomic E-state index is 0.0374. The second-order valence-corrected chi connectivity index (χ2v) is 7.20. The van der Waals surface area contributed by atoms with Crippen molar-refractivity contribution < 1.29 is 17.9 Å². The molecule has 0 unspecified atom stereocenters. The average molecular weight is 349 g/mol. The van der Waals surface area contributed by atoms with E-state index in [0.717, 1.165) is 6.42 Å². The van der Waals surface area contributed by atoms with Crippen LogP contribution >= 0.6 is 0 Å². The lowest BCUT2D eigenvalue weighted by atomic mass is 9.99. The van der Waals surface area contributed by atoms with Crippen LogP contribution in [0.25, 0.3) is 0 Å². The van der Waals surface area contributed by atoms with E-state index < -0.39 is 10.0 Å². The fourth-order valence-corrected chi connectivity index (χ4v) is 3.56. The van der Waals surface area contributed by atoms with Gasteiger partial charge in [0.15, 0.2) is 0 Å². The highest BCUT2D eigenvalue weighted by molar-refractivity contribution is 7.92. The molecular weight excluding hydrogens is 326 g/mol. The Kier molecular flexibility index (Phi) is 5.72. The normalized spacial score (nSPS) is 12.5. The maximum absolute atomic E-state index is 12.7. The molecule has 0 saturated heterocycles. The fraction of sp³-hybridized carbons (Fsp3) is 0.333. The summed E-state index contributed by atoms with van der Waals surface area (Å²) in [6.45, 7) is 4.26. The molecule has 0 radical (unpaired) electrons. The van der Waals surface area contributed by atoms with Crippen molar-refractivity contribution in [3.8, 4) is 11.5 Å². The van der Waals surface area contributed by atoms with Crippen LogP contribution in [-0.4, -0.2) is 22.6 Å². The Morgan fingerprint density at radius 1 is 1.04 bits per heavy atom. The van der Waals surface area contributed by atoms with E-state index in [1.807, 2.05) is 12.1 Å². The monoisotopic (exact) mass is 349 g/mol. The maximum Gasteiger partial charge on any atom is 0.265 e. The molecule has 0 aliphatic heterocycles. The largest absolute Gasteiger partial charge is 0.497 e. The summed E-state index contributed by atoms with van der Waals surface area (Å²) < 4.78 is 38.2. The first-order chi connectivity index (χ1) is 11.4. The van der Waals surface area contributed by atoms with Crippen molar-refractivity contribution in [2.24, 2.45) is 0 Å². The first-order valence-corrected chi connectivity index (χ1v) is 9.24. The second-order valence-electron chi connectivity index (χ2n) is 5.55. The smallest absolute Gasteiger partial charge is 0.265 e. The predicted molar refractivity (Wildman–Crippen MR) is 95.5 cm³/mol. The van der Waals surface area contributed by atoms with Gasteiger partial charge in [0.25, 0.3) is 10.0 Å². The number of anilines is 1. The lowest BCUT2D eigenvalue weighted by Crippen LogP contribution is -2.14. The second kappa shape index (κ2) is 7.57. The molecule has 2 aromatic carbocycles. The molecule has 2 rings (SSSR count). The van der Waals surface area contributed by atoms with Gasteiger partial charge in [-0.05, 0) is 42.2 Å². The zero-order valence-corrected chi connectivity index (χ0v) is 15.2. The minimum Gasteiger partial charge on any atom is -0.497 e. The van der Waals surface area contributed by atoms with Crippen LogP contribution in [-0.2, 0) is 10.0 Å². The quantitative estimate of drug-likeness (QED) is 0.820. The van der Waals surface area contributed by atoms with Gasteiger partial charge in [0.2, 0.25) is 0 Å². The summed E-state index contributed by atoms with van der Waals surface area (Å²) in [4.78, 5) is 0.0374. The molecule has 24 heavy (non-hydrogen) atoms. The summed E-state index contributed by atoms with van der Waals surface area (Å²) in [6.07, 6.45) is 1.03. The molecule has 0 aromatic heterocycles. The van der Waals surface area contributed by atoms with Crippen molar-refractivity contribution in [1.82, 2.24) is 0 Å². The van der Waals surface area contributed by atoms with E-state index in [4.69, 9.17) is 9.47 Å². The Morgan fingerprint density at radius 2 is 1.71 bits per heavy atom. The molecule has 6 heteroatoms. The molecule has 1 atom stereocenters. The van der Waals surface area contributed by atoms with Crippen LogP contribution in [0.3, 0.4) is 0 Å². The number of benzene rings is 2. The van der Waals surface area contributed by atoms with Crippen LogP contribution in [0.2, 0.25) is 0 Å². The van der Waals surface area contributed by atoms with Crippen molar-refractivity contribution in [3.05, 3.63) is 48.0 Å². The topological polar surface area (TPSA) is 64.6 Å². The summed E-state index contributed by atoms with van der Waals surface area (Å²) in [5.74, 6) is 1.15. The summed E-state index contributed by atoms with van der Waals surface area (Å²) in [5, 5.41) is 0. The molecular formula is C18H23NO4S. The SMILES string of the molecule is CC[C@H](C)c1ccc(NS(=O)(=O)c2cc(OC)ccc2OC)cc1. The number of sulfonamides is 1. The van der Waals surface area contributed by atoms with E-state index in [9.17, 15) is 8.42 Å². The van der Waals surface area contributed by atoms with Gasteiger partial charge >= 0.3 is 0 Å². The van der Waals surface area contributed by atoms with Crippen LogP contribution in [0, 0.1) is 0 Å². The van der Waals surface area contributed by atoms with E-state index in [0.29, 0.717) is 17.4 Å². The number of rotatable bonds is 7. The number of ether oxygens (including phenoxy) is 2. The number of hydrogen-bond acceptors (Lipinski definition) is 4. The minimum atomic E-state index is -3.78. The van der Waals surface area contributed by atoms with Crippen molar-refractivity contribution in [3.63, 3.8) is 0 Å². The van der Waals surface area contributed by atoms with Crippen LogP contribution < -0.4 is 14.2 Å². The highest BCUT2D eigenvalue weighted by Crippen LogP contribution is 2.30. The van der Waals surface area contributed by atoms with Gasteiger partial charge in [-0.2, -0.15) is 0 Å². The summed E-state index contributed by atoms with van der Waals surface area (Å²) in [7, 11) is -0.865. The molecule has 5 nitrogen and oxygen atoms in total. The molecule has 0 spiro atoms. The van der Waals surface area contributed by atoms with E-state index in [1.54, 1.807) is 24.3 Å². The Bertz CT molecular complexity index is 785. The fourth-order valence-electron chi connectivity index (χ4n) is 2.32. The summed E-state index contributed by atoms with van der Waals surface area (Å²) >= 11 is 0. The third-order valence-electron chi connectivity index (χ3n) is 4.00. The Hall–Kier alpha value is -2.21. The average Bonchev–Trinajstić information content (AvgIpc) is 2.60. The van der Waals surface area contributed by atoms with Gasteiger partial charge in [-0.25, -0.2) is 8.42 Å². The van der Waals surface area contributed by atoms with Crippen LogP contribution in [0.15, 0.2) is 47.4 Å².